The second-order valence-electron chi connectivity index (χ2n) is 1.67. The highest BCUT2D eigenvalue weighted by Crippen LogP contribution is 1.92. The monoisotopic (exact) mass is 213 g/mol. The third-order valence-corrected chi connectivity index (χ3v) is 1.66. The molecular formula is C5H12IN. The van der Waals surface area contributed by atoms with Gasteiger partial charge in [-0.1, -0.05) is 22.6 Å². The van der Waals surface area contributed by atoms with E-state index in [1.807, 2.05) is 7.05 Å². The van der Waals surface area contributed by atoms with Gasteiger partial charge in [-0.3, -0.25) is 0 Å². The Morgan fingerprint density at radius 1 is 1.71 bits per heavy atom. The molecule has 0 aliphatic heterocycles. The highest BCUT2D eigenvalue weighted by molar-refractivity contribution is 14.1. The van der Waals surface area contributed by atoms with Gasteiger partial charge in [0.2, 0.25) is 0 Å². The molecule has 0 saturated heterocycles. The Bertz CT molecular complexity index is 39.1. The Morgan fingerprint density at radius 2 is 2.29 bits per heavy atom. The average Bonchev–Trinajstić information content (AvgIpc) is 1.68. The number of hydrogen-bond donors (Lipinski definition) is 1. The predicted molar refractivity (Wildman–Crippen MR) is 42.0 cm³/mol. The lowest BCUT2D eigenvalue weighted by molar-refractivity contribution is 0.601. The van der Waals surface area contributed by atoms with Crippen LogP contribution in [0.5, 0.6) is 0 Å². The van der Waals surface area contributed by atoms with Crippen molar-refractivity contribution in [3.63, 3.8) is 0 Å². The van der Waals surface area contributed by atoms with E-state index in [0.29, 0.717) is 6.04 Å². The highest BCUT2D eigenvalue weighted by Gasteiger charge is 1.91. The van der Waals surface area contributed by atoms with E-state index in [-0.39, 0.29) is 0 Å². The Kier molecular flexibility index (Phi) is 5.32. The number of halogens is 1. The van der Waals surface area contributed by atoms with Crippen LogP contribution in [0.1, 0.15) is 13.3 Å². The van der Waals surface area contributed by atoms with E-state index >= 15 is 0 Å². The van der Waals surface area contributed by atoms with Crippen LogP contribution in [-0.2, 0) is 0 Å². The minimum atomic E-state index is 0.692. The third-order valence-electron chi connectivity index (χ3n) is 1.03. The van der Waals surface area contributed by atoms with Gasteiger partial charge in [0.1, 0.15) is 0 Å². The molecule has 0 aromatic carbocycles. The van der Waals surface area contributed by atoms with E-state index in [4.69, 9.17) is 0 Å². The van der Waals surface area contributed by atoms with E-state index in [1.165, 1.54) is 10.8 Å². The molecule has 0 saturated carbocycles. The molecule has 0 aliphatic carbocycles. The summed E-state index contributed by atoms with van der Waals surface area (Å²) in [5, 5.41) is 3.16. The summed E-state index contributed by atoms with van der Waals surface area (Å²) in [7, 11) is 2.00. The summed E-state index contributed by atoms with van der Waals surface area (Å²) in [5.41, 5.74) is 0. The molecule has 2 heteroatoms. The summed E-state index contributed by atoms with van der Waals surface area (Å²) in [6.07, 6.45) is 1.27. The first-order chi connectivity index (χ1) is 3.31. The van der Waals surface area contributed by atoms with Gasteiger partial charge in [-0.2, -0.15) is 0 Å². The lowest BCUT2D eigenvalue weighted by Gasteiger charge is -2.04. The van der Waals surface area contributed by atoms with E-state index in [9.17, 15) is 0 Å². The van der Waals surface area contributed by atoms with Gasteiger partial charge >= 0.3 is 0 Å². The van der Waals surface area contributed by atoms with Crippen molar-refractivity contribution >= 4 is 22.6 Å². The van der Waals surface area contributed by atoms with Crippen LogP contribution in [-0.4, -0.2) is 17.5 Å². The predicted octanol–water partition coefficient (Wildman–Crippen LogP) is 1.42. The summed E-state index contributed by atoms with van der Waals surface area (Å²) in [6, 6.07) is 0.692. The van der Waals surface area contributed by atoms with Crippen molar-refractivity contribution in [3.05, 3.63) is 0 Å². The molecule has 0 aromatic heterocycles. The van der Waals surface area contributed by atoms with Crippen molar-refractivity contribution < 1.29 is 0 Å². The van der Waals surface area contributed by atoms with Crippen molar-refractivity contribution in [1.82, 2.24) is 5.32 Å². The van der Waals surface area contributed by atoms with Crippen LogP contribution in [0.25, 0.3) is 0 Å². The van der Waals surface area contributed by atoms with Gasteiger partial charge in [0.15, 0.2) is 0 Å². The molecule has 0 radical (unpaired) electrons. The fourth-order valence-corrected chi connectivity index (χ4v) is 1.24. The van der Waals surface area contributed by atoms with Crippen LogP contribution in [0.3, 0.4) is 0 Å². The molecule has 0 spiro atoms. The molecule has 0 heterocycles. The summed E-state index contributed by atoms with van der Waals surface area (Å²) in [6.45, 7) is 2.19. The molecule has 0 fully saturated rings. The molecule has 7 heavy (non-hydrogen) atoms. The molecule has 0 aliphatic rings. The van der Waals surface area contributed by atoms with Gasteiger partial charge in [-0.25, -0.2) is 0 Å². The first-order valence-corrected chi connectivity index (χ1v) is 4.07. The van der Waals surface area contributed by atoms with Gasteiger partial charge in [0.25, 0.3) is 0 Å². The van der Waals surface area contributed by atoms with E-state index < -0.39 is 0 Å². The number of nitrogens with one attached hydrogen (secondary N) is 1. The summed E-state index contributed by atoms with van der Waals surface area (Å²) >= 11 is 2.39. The maximum atomic E-state index is 3.16. The molecule has 1 atom stereocenters. The van der Waals surface area contributed by atoms with Gasteiger partial charge in [-0.05, 0) is 20.4 Å². The Morgan fingerprint density at radius 3 is 2.43 bits per heavy atom. The zero-order valence-electron chi connectivity index (χ0n) is 4.87. The van der Waals surface area contributed by atoms with Gasteiger partial charge in [-0.15, -0.1) is 0 Å². The molecular weight excluding hydrogens is 201 g/mol. The SMILES string of the molecule is CNC(C)CCI. The molecule has 0 rings (SSSR count). The maximum absolute atomic E-state index is 3.16. The molecule has 0 aromatic rings. The Hall–Kier alpha value is 0.690. The van der Waals surface area contributed by atoms with E-state index in [0.717, 1.165) is 0 Å². The number of alkyl halides is 1. The minimum absolute atomic E-state index is 0.692. The van der Waals surface area contributed by atoms with Crippen molar-refractivity contribution in [1.29, 1.82) is 0 Å². The standard InChI is InChI=1S/C5H12IN/c1-5(7-2)3-4-6/h5,7H,3-4H2,1-2H3. The number of hydrogen-bond acceptors (Lipinski definition) is 1. The first-order valence-electron chi connectivity index (χ1n) is 2.54. The van der Waals surface area contributed by atoms with Crippen LogP contribution < -0.4 is 5.32 Å². The van der Waals surface area contributed by atoms with Crippen LogP contribution in [0, 0.1) is 0 Å². The van der Waals surface area contributed by atoms with Gasteiger partial charge in [0, 0.05) is 10.5 Å². The van der Waals surface area contributed by atoms with E-state index in [2.05, 4.69) is 34.8 Å². The quantitative estimate of drug-likeness (QED) is 0.552. The molecule has 0 bridgehead atoms. The van der Waals surface area contributed by atoms with E-state index in [1.54, 1.807) is 0 Å². The Labute approximate surface area is 59.0 Å². The van der Waals surface area contributed by atoms with Crippen molar-refractivity contribution in [2.45, 2.75) is 19.4 Å². The average molecular weight is 213 g/mol. The first kappa shape index (κ1) is 7.69. The normalized spacial score (nSPS) is 14.1. The maximum Gasteiger partial charge on any atom is 0.00430 e. The van der Waals surface area contributed by atoms with Crippen LogP contribution >= 0.6 is 22.6 Å². The lowest BCUT2D eigenvalue weighted by atomic mass is 10.3. The van der Waals surface area contributed by atoms with Gasteiger partial charge < -0.3 is 5.32 Å². The third kappa shape index (κ3) is 4.55. The van der Waals surface area contributed by atoms with Gasteiger partial charge in [0.05, 0.1) is 0 Å². The lowest BCUT2D eigenvalue weighted by Crippen LogP contribution is -2.20. The van der Waals surface area contributed by atoms with Crippen molar-refractivity contribution in [2.24, 2.45) is 0 Å². The second-order valence-corrected chi connectivity index (χ2v) is 2.75. The molecule has 1 N–H and O–H groups in total. The van der Waals surface area contributed by atoms with Crippen molar-refractivity contribution in [2.75, 3.05) is 11.5 Å². The smallest absolute Gasteiger partial charge is 0.00430 e. The fraction of sp³-hybridized carbons (Fsp3) is 1.00. The van der Waals surface area contributed by atoms with Crippen molar-refractivity contribution in [3.8, 4) is 0 Å². The second kappa shape index (κ2) is 4.84. The van der Waals surface area contributed by atoms with Crippen LogP contribution in [0.2, 0.25) is 0 Å². The number of rotatable bonds is 3. The zero-order chi connectivity index (χ0) is 5.70. The molecule has 1 unspecified atom stereocenters. The Balaban J connectivity index is 2.83. The van der Waals surface area contributed by atoms with Crippen LogP contribution in [0.4, 0.5) is 0 Å². The van der Waals surface area contributed by atoms with Crippen LogP contribution in [0.15, 0.2) is 0 Å². The highest BCUT2D eigenvalue weighted by atomic mass is 127. The molecule has 1 nitrogen and oxygen atoms in total. The minimum Gasteiger partial charge on any atom is -0.317 e. The summed E-state index contributed by atoms with van der Waals surface area (Å²) in [4.78, 5) is 0. The largest absolute Gasteiger partial charge is 0.317 e. The fourth-order valence-electron chi connectivity index (χ4n) is 0.308. The molecule has 0 amide bonds. The zero-order valence-corrected chi connectivity index (χ0v) is 7.03. The summed E-state index contributed by atoms with van der Waals surface area (Å²) < 4.78 is 1.25. The topological polar surface area (TPSA) is 12.0 Å². The summed E-state index contributed by atoms with van der Waals surface area (Å²) in [5.74, 6) is 0. The molecule has 44 valence electrons.